The third kappa shape index (κ3) is 2.68. The number of methoxy groups -OCH3 is 1. The summed E-state index contributed by atoms with van der Waals surface area (Å²) < 4.78 is 18.4. The molecular formula is C10H15FN2O. The SMILES string of the molecule is COc1cccc(CNN(C)C)c1F. The highest BCUT2D eigenvalue weighted by Gasteiger charge is 2.07. The summed E-state index contributed by atoms with van der Waals surface area (Å²) in [7, 11) is 5.18. The van der Waals surface area contributed by atoms with Crippen molar-refractivity contribution >= 4 is 0 Å². The van der Waals surface area contributed by atoms with Crippen molar-refractivity contribution in [1.29, 1.82) is 0 Å². The Hall–Kier alpha value is -1.13. The zero-order chi connectivity index (χ0) is 10.6. The van der Waals surface area contributed by atoms with Crippen molar-refractivity contribution in [3.05, 3.63) is 29.6 Å². The molecule has 0 spiro atoms. The van der Waals surface area contributed by atoms with Crippen molar-refractivity contribution in [2.45, 2.75) is 6.54 Å². The first-order chi connectivity index (χ1) is 6.65. The summed E-state index contributed by atoms with van der Waals surface area (Å²) in [6.45, 7) is 0.454. The molecule has 14 heavy (non-hydrogen) atoms. The number of hydrazine groups is 1. The smallest absolute Gasteiger partial charge is 0.169 e. The Morgan fingerprint density at radius 2 is 2.14 bits per heavy atom. The van der Waals surface area contributed by atoms with Crippen molar-refractivity contribution < 1.29 is 9.13 Å². The lowest BCUT2D eigenvalue weighted by atomic mass is 10.2. The average Bonchev–Trinajstić information content (AvgIpc) is 2.16. The van der Waals surface area contributed by atoms with Crippen LogP contribution in [0.2, 0.25) is 0 Å². The van der Waals surface area contributed by atoms with E-state index in [1.807, 2.05) is 14.1 Å². The van der Waals surface area contributed by atoms with Crippen LogP contribution in [-0.2, 0) is 6.54 Å². The van der Waals surface area contributed by atoms with Gasteiger partial charge in [0.25, 0.3) is 0 Å². The molecule has 0 saturated heterocycles. The van der Waals surface area contributed by atoms with Gasteiger partial charge in [0.15, 0.2) is 11.6 Å². The van der Waals surface area contributed by atoms with Crippen molar-refractivity contribution in [1.82, 2.24) is 10.4 Å². The van der Waals surface area contributed by atoms with Crippen LogP contribution in [-0.4, -0.2) is 26.2 Å². The maximum Gasteiger partial charge on any atom is 0.169 e. The largest absolute Gasteiger partial charge is 0.494 e. The van der Waals surface area contributed by atoms with Gasteiger partial charge in [0.05, 0.1) is 7.11 Å². The van der Waals surface area contributed by atoms with E-state index >= 15 is 0 Å². The lowest BCUT2D eigenvalue weighted by Crippen LogP contribution is -2.29. The molecule has 1 rings (SSSR count). The summed E-state index contributed by atoms with van der Waals surface area (Å²) in [4.78, 5) is 0. The minimum Gasteiger partial charge on any atom is -0.494 e. The van der Waals surface area contributed by atoms with Gasteiger partial charge < -0.3 is 4.74 Å². The number of hydrogen-bond acceptors (Lipinski definition) is 3. The van der Waals surface area contributed by atoms with E-state index in [0.717, 1.165) is 0 Å². The van der Waals surface area contributed by atoms with Crippen LogP contribution in [0.1, 0.15) is 5.56 Å². The van der Waals surface area contributed by atoms with Crippen LogP contribution in [0.25, 0.3) is 0 Å². The van der Waals surface area contributed by atoms with Gasteiger partial charge >= 0.3 is 0 Å². The second kappa shape index (κ2) is 4.93. The summed E-state index contributed by atoms with van der Waals surface area (Å²) >= 11 is 0. The molecule has 0 atom stereocenters. The van der Waals surface area contributed by atoms with Crippen LogP contribution < -0.4 is 10.2 Å². The lowest BCUT2D eigenvalue weighted by Gasteiger charge is -2.13. The van der Waals surface area contributed by atoms with E-state index in [9.17, 15) is 4.39 Å². The Balaban J connectivity index is 2.76. The van der Waals surface area contributed by atoms with Gasteiger partial charge in [-0.05, 0) is 6.07 Å². The number of benzene rings is 1. The number of rotatable bonds is 4. The minimum absolute atomic E-state index is 0.281. The molecule has 4 heteroatoms. The highest BCUT2D eigenvalue weighted by atomic mass is 19.1. The number of nitrogens with one attached hydrogen (secondary N) is 1. The minimum atomic E-state index is -0.302. The molecule has 1 aromatic rings. The fourth-order valence-corrected chi connectivity index (χ4v) is 1.09. The number of halogens is 1. The predicted octanol–water partition coefficient (Wildman–Crippen LogP) is 1.40. The molecular weight excluding hydrogens is 183 g/mol. The molecule has 78 valence electrons. The molecule has 0 aliphatic carbocycles. The molecule has 1 aromatic carbocycles. The Labute approximate surface area is 83.5 Å². The second-order valence-corrected chi connectivity index (χ2v) is 3.16. The highest BCUT2D eigenvalue weighted by molar-refractivity contribution is 5.30. The fraction of sp³-hybridized carbons (Fsp3) is 0.400. The first-order valence-corrected chi connectivity index (χ1v) is 4.37. The van der Waals surface area contributed by atoms with Crippen LogP contribution in [0.5, 0.6) is 5.75 Å². The van der Waals surface area contributed by atoms with E-state index in [2.05, 4.69) is 5.43 Å². The van der Waals surface area contributed by atoms with E-state index in [1.54, 1.807) is 23.2 Å². The van der Waals surface area contributed by atoms with Crippen molar-refractivity contribution in [2.24, 2.45) is 0 Å². The third-order valence-corrected chi connectivity index (χ3v) is 1.85. The van der Waals surface area contributed by atoms with E-state index in [0.29, 0.717) is 12.1 Å². The lowest BCUT2D eigenvalue weighted by molar-refractivity contribution is 0.282. The quantitative estimate of drug-likeness (QED) is 0.740. The van der Waals surface area contributed by atoms with Crippen LogP contribution >= 0.6 is 0 Å². The number of nitrogens with zero attached hydrogens (tertiary/aromatic N) is 1. The monoisotopic (exact) mass is 198 g/mol. The van der Waals surface area contributed by atoms with E-state index in [1.165, 1.54) is 7.11 Å². The van der Waals surface area contributed by atoms with Crippen LogP contribution in [0, 0.1) is 5.82 Å². The summed E-state index contributed by atoms with van der Waals surface area (Å²) in [5, 5.41) is 1.78. The van der Waals surface area contributed by atoms with Gasteiger partial charge in [-0.25, -0.2) is 4.39 Å². The molecule has 3 nitrogen and oxygen atoms in total. The number of ether oxygens (including phenoxy) is 1. The summed E-state index contributed by atoms with van der Waals surface area (Å²) in [5.41, 5.74) is 3.59. The normalized spacial score (nSPS) is 10.6. The molecule has 0 bridgehead atoms. The van der Waals surface area contributed by atoms with Crippen LogP contribution in [0.3, 0.4) is 0 Å². The van der Waals surface area contributed by atoms with Gasteiger partial charge in [0.1, 0.15) is 0 Å². The van der Waals surface area contributed by atoms with Gasteiger partial charge in [0, 0.05) is 26.2 Å². The molecule has 0 aromatic heterocycles. The van der Waals surface area contributed by atoms with Gasteiger partial charge in [-0.15, -0.1) is 0 Å². The standard InChI is InChI=1S/C10H15FN2O/c1-13(2)12-7-8-5-4-6-9(14-3)10(8)11/h4-6,12H,7H2,1-3H3. The Kier molecular flexibility index (Phi) is 3.85. The average molecular weight is 198 g/mol. The first-order valence-electron chi connectivity index (χ1n) is 4.37. The van der Waals surface area contributed by atoms with Gasteiger partial charge in [-0.2, -0.15) is 0 Å². The van der Waals surface area contributed by atoms with E-state index in [-0.39, 0.29) is 11.6 Å². The Bertz CT molecular complexity index is 302. The van der Waals surface area contributed by atoms with Gasteiger partial charge in [-0.3, -0.25) is 10.4 Å². The molecule has 0 heterocycles. The third-order valence-electron chi connectivity index (χ3n) is 1.85. The zero-order valence-electron chi connectivity index (χ0n) is 8.67. The molecule has 0 aliphatic rings. The molecule has 0 saturated carbocycles. The highest BCUT2D eigenvalue weighted by Crippen LogP contribution is 2.19. The first kappa shape index (κ1) is 10.9. The van der Waals surface area contributed by atoms with Crippen LogP contribution in [0.15, 0.2) is 18.2 Å². The molecule has 0 unspecified atom stereocenters. The zero-order valence-corrected chi connectivity index (χ0v) is 8.67. The van der Waals surface area contributed by atoms with E-state index < -0.39 is 0 Å². The number of hydrogen-bond donors (Lipinski definition) is 1. The summed E-state index contributed by atoms with van der Waals surface area (Å²) in [5.74, 6) is -0.0209. The summed E-state index contributed by atoms with van der Waals surface area (Å²) in [6.07, 6.45) is 0. The molecule has 0 aliphatic heterocycles. The van der Waals surface area contributed by atoms with Gasteiger partial charge in [-0.1, -0.05) is 12.1 Å². The maximum atomic E-state index is 13.5. The van der Waals surface area contributed by atoms with Gasteiger partial charge in [0.2, 0.25) is 0 Å². The fourth-order valence-electron chi connectivity index (χ4n) is 1.09. The van der Waals surface area contributed by atoms with E-state index in [4.69, 9.17) is 4.74 Å². The topological polar surface area (TPSA) is 24.5 Å². The molecule has 1 N–H and O–H groups in total. The molecule has 0 fully saturated rings. The van der Waals surface area contributed by atoms with Crippen LogP contribution in [0.4, 0.5) is 4.39 Å². The Morgan fingerprint density at radius 1 is 1.43 bits per heavy atom. The van der Waals surface area contributed by atoms with Crippen molar-refractivity contribution in [3.63, 3.8) is 0 Å². The molecule has 0 amide bonds. The predicted molar refractivity (Wildman–Crippen MR) is 53.5 cm³/mol. The molecule has 0 radical (unpaired) electrons. The summed E-state index contributed by atoms with van der Waals surface area (Å²) in [6, 6.07) is 5.11. The van der Waals surface area contributed by atoms with Crippen molar-refractivity contribution in [3.8, 4) is 5.75 Å². The Morgan fingerprint density at radius 3 is 2.71 bits per heavy atom. The maximum absolute atomic E-state index is 13.5. The second-order valence-electron chi connectivity index (χ2n) is 3.16. The van der Waals surface area contributed by atoms with Crippen molar-refractivity contribution in [2.75, 3.05) is 21.2 Å².